The Balaban J connectivity index is 2.72. The van der Waals surface area contributed by atoms with Gasteiger partial charge in [-0.2, -0.15) is 0 Å². The minimum absolute atomic E-state index is 0.636. The van der Waals surface area contributed by atoms with Gasteiger partial charge >= 0.3 is 0 Å². The van der Waals surface area contributed by atoms with Crippen molar-refractivity contribution in [3.05, 3.63) is 60.7 Å². The second-order valence-corrected chi connectivity index (χ2v) is 16.6. The fraction of sp³-hybridized carbons (Fsp3) is 0.333. The van der Waals surface area contributed by atoms with Gasteiger partial charge in [-0.25, -0.2) is 0 Å². The molecule has 0 bridgehead atoms. The van der Waals surface area contributed by atoms with Gasteiger partial charge in [0.15, 0.2) is 8.07 Å². The Bertz CT molecular complexity index is 684. The monoisotopic (exact) mass is 352 g/mol. The van der Waals surface area contributed by atoms with Gasteiger partial charge in [0.1, 0.15) is 13.3 Å². The molecule has 0 heterocycles. The lowest BCUT2D eigenvalue weighted by molar-refractivity contribution is 0.174. The maximum absolute atomic E-state index is 11.7. The smallest absolute Gasteiger partial charge is 0.164 e. The van der Waals surface area contributed by atoms with E-state index in [1.54, 1.807) is 0 Å². The van der Waals surface area contributed by atoms with E-state index < -0.39 is 21.4 Å². The summed E-state index contributed by atoms with van der Waals surface area (Å²) in [5, 5.41) is 13.2. The summed E-state index contributed by atoms with van der Waals surface area (Å²) in [6.07, 6.45) is 0.636. The number of hydrogen-bond acceptors (Lipinski definition) is 1. The van der Waals surface area contributed by atoms with Gasteiger partial charge in [-0.15, -0.1) is 5.54 Å². The Morgan fingerprint density at radius 1 is 0.833 bits per heavy atom. The molecular formula is C21H28OSi2. The fourth-order valence-electron chi connectivity index (χ4n) is 3.05. The molecule has 3 heteroatoms. The van der Waals surface area contributed by atoms with Crippen LogP contribution in [0.5, 0.6) is 0 Å². The topological polar surface area (TPSA) is 20.2 Å². The zero-order valence-corrected chi connectivity index (χ0v) is 17.4. The molecule has 0 aliphatic heterocycles. The van der Waals surface area contributed by atoms with Crippen LogP contribution in [0.2, 0.25) is 26.2 Å². The van der Waals surface area contributed by atoms with E-state index >= 15 is 0 Å². The molecule has 0 fully saturated rings. The normalized spacial score (nSPS) is 14.4. The predicted octanol–water partition coefficient (Wildman–Crippen LogP) is 3.44. The van der Waals surface area contributed by atoms with Crippen LogP contribution in [0.3, 0.4) is 0 Å². The molecule has 2 aromatic rings. The van der Waals surface area contributed by atoms with E-state index in [1.165, 1.54) is 10.4 Å². The fourth-order valence-corrected chi connectivity index (χ4v) is 7.78. The molecule has 0 saturated carbocycles. The van der Waals surface area contributed by atoms with E-state index in [1.807, 2.05) is 12.1 Å². The van der Waals surface area contributed by atoms with E-state index in [9.17, 15) is 5.11 Å². The lowest BCUT2D eigenvalue weighted by atomic mass is 10.3. The summed E-state index contributed by atoms with van der Waals surface area (Å²) in [7, 11) is -4.01. The number of aliphatic hydroxyl groups is 1. The summed E-state index contributed by atoms with van der Waals surface area (Å²) in [4.78, 5) is 0. The third-order valence-corrected chi connectivity index (χ3v) is 10.7. The first-order chi connectivity index (χ1) is 11.2. The summed E-state index contributed by atoms with van der Waals surface area (Å²) in [6, 6.07) is 20.9. The first-order valence-corrected chi connectivity index (χ1v) is 14.6. The molecular weight excluding hydrogens is 324 g/mol. The molecule has 1 nitrogen and oxygen atoms in total. The average molecular weight is 353 g/mol. The summed E-state index contributed by atoms with van der Waals surface area (Å²) in [5.41, 5.74) is 3.43. The van der Waals surface area contributed by atoms with E-state index in [2.05, 4.69) is 93.1 Å². The molecule has 24 heavy (non-hydrogen) atoms. The van der Waals surface area contributed by atoms with Crippen LogP contribution in [-0.4, -0.2) is 26.5 Å². The molecule has 0 unspecified atom stereocenters. The minimum atomic E-state index is -2.45. The Morgan fingerprint density at radius 3 is 1.58 bits per heavy atom. The first kappa shape index (κ1) is 18.7. The van der Waals surface area contributed by atoms with E-state index in [4.69, 9.17) is 0 Å². The quantitative estimate of drug-likeness (QED) is 0.660. The van der Waals surface area contributed by atoms with E-state index in [-0.39, 0.29) is 0 Å². The van der Waals surface area contributed by atoms with Crippen LogP contribution in [0.4, 0.5) is 0 Å². The Hall–Kier alpha value is -1.61. The van der Waals surface area contributed by atoms with Crippen molar-refractivity contribution in [2.45, 2.75) is 44.8 Å². The highest BCUT2D eigenvalue weighted by Crippen LogP contribution is 2.24. The molecule has 1 atom stereocenters. The second kappa shape index (κ2) is 7.10. The molecule has 0 spiro atoms. The van der Waals surface area contributed by atoms with E-state index in [0.29, 0.717) is 6.42 Å². The van der Waals surface area contributed by atoms with Crippen LogP contribution in [0.25, 0.3) is 0 Å². The highest BCUT2D eigenvalue weighted by molar-refractivity contribution is 7.04. The molecule has 2 aromatic carbocycles. The van der Waals surface area contributed by atoms with E-state index in [0.717, 1.165) is 0 Å². The van der Waals surface area contributed by atoms with Crippen molar-refractivity contribution in [3.8, 4) is 11.5 Å². The molecule has 0 amide bonds. The molecule has 0 aliphatic rings. The molecule has 0 radical (unpaired) electrons. The summed E-state index contributed by atoms with van der Waals surface area (Å²) < 4.78 is 0. The maximum atomic E-state index is 11.7. The summed E-state index contributed by atoms with van der Waals surface area (Å²) in [6.45, 7) is 11.0. The largest absolute Gasteiger partial charge is 0.380 e. The molecule has 126 valence electrons. The standard InChI is InChI=1S/C21H28OSi2/c1-6-21(22,17-18-23(2,3)4)24(5,19-13-9-7-10-14-19)20-15-11-8-12-16-20/h7-16,22H,6H2,1-5H3/t21-/m0/s1. The van der Waals surface area contributed by atoms with Crippen molar-refractivity contribution < 1.29 is 5.11 Å². The van der Waals surface area contributed by atoms with Gasteiger partial charge in [0, 0.05) is 0 Å². The lowest BCUT2D eigenvalue weighted by Gasteiger charge is -2.41. The van der Waals surface area contributed by atoms with Crippen LogP contribution in [-0.2, 0) is 0 Å². The highest BCUT2D eigenvalue weighted by atomic mass is 28.3. The number of benzene rings is 2. The maximum Gasteiger partial charge on any atom is 0.164 e. The Labute approximate surface area is 148 Å². The van der Waals surface area contributed by atoms with Crippen molar-refractivity contribution in [1.29, 1.82) is 0 Å². The van der Waals surface area contributed by atoms with Crippen molar-refractivity contribution in [1.82, 2.24) is 0 Å². The molecule has 0 aromatic heterocycles. The average Bonchev–Trinajstić information content (AvgIpc) is 2.59. The second-order valence-electron chi connectivity index (χ2n) is 7.57. The summed E-state index contributed by atoms with van der Waals surface area (Å²) in [5.74, 6) is 3.35. The zero-order valence-electron chi connectivity index (χ0n) is 15.4. The Kier molecular flexibility index (Phi) is 5.54. The van der Waals surface area contributed by atoms with Crippen LogP contribution in [0, 0.1) is 11.5 Å². The third-order valence-electron chi connectivity index (χ3n) is 4.69. The molecule has 0 aliphatic carbocycles. The van der Waals surface area contributed by atoms with Crippen molar-refractivity contribution in [2.75, 3.05) is 0 Å². The molecule has 0 saturated heterocycles. The molecule has 2 rings (SSSR count). The van der Waals surface area contributed by atoms with Gasteiger partial charge in [0.2, 0.25) is 0 Å². The van der Waals surface area contributed by atoms with Gasteiger partial charge in [-0.05, 0) is 6.42 Å². The van der Waals surface area contributed by atoms with Gasteiger partial charge in [-0.1, -0.05) is 110 Å². The van der Waals surface area contributed by atoms with Crippen molar-refractivity contribution in [2.24, 2.45) is 0 Å². The van der Waals surface area contributed by atoms with Crippen molar-refractivity contribution >= 4 is 26.5 Å². The number of rotatable bonds is 4. The summed E-state index contributed by atoms with van der Waals surface area (Å²) >= 11 is 0. The molecule has 1 N–H and O–H groups in total. The SMILES string of the molecule is CC[C@@](O)(C#C[Si](C)(C)C)[Si](C)(c1ccccc1)c1ccccc1. The van der Waals surface area contributed by atoms with Gasteiger partial charge < -0.3 is 5.11 Å². The highest BCUT2D eigenvalue weighted by Gasteiger charge is 2.49. The zero-order chi connectivity index (χ0) is 17.8. The van der Waals surface area contributed by atoms with Crippen LogP contribution < -0.4 is 10.4 Å². The van der Waals surface area contributed by atoms with Crippen molar-refractivity contribution in [3.63, 3.8) is 0 Å². The minimum Gasteiger partial charge on any atom is -0.380 e. The third kappa shape index (κ3) is 3.72. The lowest BCUT2D eigenvalue weighted by Crippen LogP contribution is -2.71. The van der Waals surface area contributed by atoms with Gasteiger partial charge in [0.25, 0.3) is 0 Å². The Morgan fingerprint density at radius 2 is 1.25 bits per heavy atom. The van der Waals surface area contributed by atoms with Gasteiger partial charge in [-0.3, -0.25) is 0 Å². The predicted molar refractivity (Wildman–Crippen MR) is 110 cm³/mol. The number of hydrogen-bond donors (Lipinski definition) is 1. The van der Waals surface area contributed by atoms with Crippen LogP contribution >= 0.6 is 0 Å². The van der Waals surface area contributed by atoms with Crippen LogP contribution in [0.1, 0.15) is 13.3 Å². The van der Waals surface area contributed by atoms with Gasteiger partial charge in [0.05, 0.1) is 0 Å². The van der Waals surface area contributed by atoms with Crippen LogP contribution in [0.15, 0.2) is 60.7 Å². The first-order valence-electron chi connectivity index (χ1n) is 8.61.